The van der Waals surface area contributed by atoms with Gasteiger partial charge < -0.3 is 10.5 Å². The van der Waals surface area contributed by atoms with Crippen LogP contribution in [0.25, 0.3) is 0 Å². The maximum absolute atomic E-state index is 6.13. The van der Waals surface area contributed by atoms with Crippen LogP contribution in [-0.4, -0.2) is 6.54 Å². The molecule has 0 aromatic heterocycles. The Bertz CT molecular complexity index is 585. The summed E-state index contributed by atoms with van der Waals surface area (Å²) in [5, 5.41) is 0. The highest BCUT2D eigenvalue weighted by molar-refractivity contribution is 5.30. The van der Waals surface area contributed by atoms with Crippen molar-refractivity contribution in [3.05, 3.63) is 65.7 Å². The zero-order chi connectivity index (χ0) is 16.6. The number of ether oxygens (including phenoxy) is 1. The zero-order valence-corrected chi connectivity index (χ0v) is 14.5. The Balaban J connectivity index is 1.61. The third-order valence-corrected chi connectivity index (χ3v) is 5.28. The van der Waals surface area contributed by atoms with Crippen molar-refractivity contribution >= 4 is 0 Å². The molecular weight excluding hydrogens is 294 g/mol. The van der Waals surface area contributed by atoms with Crippen molar-refractivity contribution in [3.63, 3.8) is 0 Å². The van der Waals surface area contributed by atoms with Gasteiger partial charge in [-0.05, 0) is 54.5 Å². The fraction of sp³-hybridized carbons (Fsp3) is 0.455. The average molecular weight is 323 g/mol. The molecule has 1 atom stereocenters. The lowest BCUT2D eigenvalue weighted by molar-refractivity contribution is 0.306. The van der Waals surface area contributed by atoms with Crippen LogP contribution in [0.2, 0.25) is 0 Å². The summed E-state index contributed by atoms with van der Waals surface area (Å²) in [6.45, 7) is 1.36. The Kier molecular flexibility index (Phi) is 6.31. The number of rotatable bonds is 6. The highest BCUT2D eigenvalue weighted by atomic mass is 16.5. The SMILES string of the molecule is NCC(c1ccc(OCc2ccccc2)cc1)C1CCCCCC1. The van der Waals surface area contributed by atoms with E-state index in [2.05, 4.69) is 36.4 Å². The minimum Gasteiger partial charge on any atom is -0.489 e. The van der Waals surface area contributed by atoms with Gasteiger partial charge in [-0.3, -0.25) is 0 Å². The van der Waals surface area contributed by atoms with Gasteiger partial charge in [-0.2, -0.15) is 0 Å². The fourth-order valence-corrected chi connectivity index (χ4v) is 3.87. The molecule has 0 heterocycles. The van der Waals surface area contributed by atoms with E-state index >= 15 is 0 Å². The van der Waals surface area contributed by atoms with E-state index in [0.717, 1.165) is 18.2 Å². The van der Waals surface area contributed by atoms with Crippen molar-refractivity contribution in [3.8, 4) is 5.75 Å². The van der Waals surface area contributed by atoms with Crippen LogP contribution in [0.5, 0.6) is 5.75 Å². The summed E-state index contributed by atoms with van der Waals surface area (Å²) >= 11 is 0. The number of hydrogen-bond donors (Lipinski definition) is 1. The molecule has 1 unspecified atom stereocenters. The molecule has 2 heteroatoms. The molecule has 1 aliphatic carbocycles. The van der Waals surface area contributed by atoms with Crippen LogP contribution in [0.4, 0.5) is 0 Å². The minimum absolute atomic E-state index is 0.492. The van der Waals surface area contributed by atoms with Crippen LogP contribution in [0, 0.1) is 5.92 Å². The second kappa shape index (κ2) is 8.89. The zero-order valence-electron chi connectivity index (χ0n) is 14.5. The summed E-state index contributed by atoms with van der Waals surface area (Å²) in [6.07, 6.45) is 8.15. The summed E-state index contributed by atoms with van der Waals surface area (Å²) in [5.41, 5.74) is 8.69. The van der Waals surface area contributed by atoms with Crippen LogP contribution in [0.3, 0.4) is 0 Å². The van der Waals surface area contributed by atoms with E-state index < -0.39 is 0 Å². The lowest BCUT2D eigenvalue weighted by Crippen LogP contribution is -2.21. The van der Waals surface area contributed by atoms with Gasteiger partial charge >= 0.3 is 0 Å². The van der Waals surface area contributed by atoms with Gasteiger partial charge in [0, 0.05) is 0 Å². The Morgan fingerprint density at radius 2 is 1.54 bits per heavy atom. The van der Waals surface area contributed by atoms with Crippen molar-refractivity contribution < 1.29 is 4.74 Å². The van der Waals surface area contributed by atoms with Gasteiger partial charge in [0.2, 0.25) is 0 Å². The summed E-state index contributed by atoms with van der Waals surface area (Å²) < 4.78 is 5.89. The van der Waals surface area contributed by atoms with E-state index in [1.807, 2.05) is 18.2 Å². The maximum Gasteiger partial charge on any atom is 0.119 e. The van der Waals surface area contributed by atoms with Gasteiger partial charge in [-0.1, -0.05) is 68.1 Å². The third-order valence-electron chi connectivity index (χ3n) is 5.28. The van der Waals surface area contributed by atoms with Crippen LogP contribution in [0.1, 0.15) is 55.6 Å². The fourth-order valence-electron chi connectivity index (χ4n) is 3.87. The predicted octanol–water partition coefficient (Wildman–Crippen LogP) is 5.28. The number of benzene rings is 2. The topological polar surface area (TPSA) is 35.2 Å². The molecule has 0 radical (unpaired) electrons. The summed E-state index contributed by atoms with van der Waals surface area (Å²) in [5.74, 6) is 2.17. The highest BCUT2D eigenvalue weighted by Crippen LogP contribution is 2.35. The quantitative estimate of drug-likeness (QED) is 0.734. The van der Waals surface area contributed by atoms with E-state index in [1.54, 1.807) is 0 Å². The first-order chi connectivity index (χ1) is 11.9. The molecule has 2 aromatic carbocycles. The van der Waals surface area contributed by atoms with Crippen molar-refractivity contribution in [2.24, 2.45) is 11.7 Å². The van der Waals surface area contributed by atoms with Crippen molar-refractivity contribution in [1.82, 2.24) is 0 Å². The smallest absolute Gasteiger partial charge is 0.119 e. The summed E-state index contributed by atoms with van der Waals surface area (Å²) in [6, 6.07) is 18.9. The highest BCUT2D eigenvalue weighted by Gasteiger charge is 2.23. The Morgan fingerprint density at radius 3 is 2.17 bits per heavy atom. The molecule has 2 nitrogen and oxygen atoms in total. The molecule has 0 amide bonds. The van der Waals surface area contributed by atoms with E-state index in [9.17, 15) is 0 Å². The molecule has 24 heavy (non-hydrogen) atoms. The first-order valence-electron chi connectivity index (χ1n) is 9.33. The third kappa shape index (κ3) is 4.61. The van der Waals surface area contributed by atoms with Crippen molar-refractivity contribution in [1.29, 1.82) is 0 Å². The molecule has 0 spiro atoms. The molecule has 1 fully saturated rings. The van der Waals surface area contributed by atoms with Crippen LogP contribution in [-0.2, 0) is 6.61 Å². The molecule has 0 saturated heterocycles. The van der Waals surface area contributed by atoms with Crippen LogP contribution < -0.4 is 10.5 Å². The van der Waals surface area contributed by atoms with Gasteiger partial charge in [0.25, 0.3) is 0 Å². The van der Waals surface area contributed by atoms with E-state index in [0.29, 0.717) is 12.5 Å². The molecular formula is C22H29NO. The monoisotopic (exact) mass is 323 g/mol. The lowest BCUT2D eigenvalue weighted by Gasteiger charge is -2.25. The van der Waals surface area contributed by atoms with Crippen molar-refractivity contribution in [2.45, 2.75) is 51.0 Å². The number of nitrogens with two attached hydrogens (primary N) is 1. The predicted molar refractivity (Wildman–Crippen MR) is 100 cm³/mol. The second-order valence-electron chi connectivity index (χ2n) is 6.94. The number of hydrogen-bond acceptors (Lipinski definition) is 2. The minimum atomic E-state index is 0.492. The molecule has 2 N–H and O–H groups in total. The first-order valence-corrected chi connectivity index (χ1v) is 9.33. The van der Waals surface area contributed by atoms with Gasteiger partial charge in [0.15, 0.2) is 0 Å². The molecule has 0 bridgehead atoms. The summed E-state index contributed by atoms with van der Waals surface area (Å²) in [4.78, 5) is 0. The normalized spacial score (nSPS) is 17.2. The Hall–Kier alpha value is -1.80. The van der Waals surface area contributed by atoms with Gasteiger partial charge in [0.1, 0.15) is 12.4 Å². The second-order valence-corrected chi connectivity index (χ2v) is 6.94. The van der Waals surface area contributed by atoms with Crippen LogP contribution in [0.15, 0.2) is 54.6 Å². The lowest BCUT2D eigenvalue weighted by atomic mass is 9.81. The Morgan fingerprint density at radius 1 is 0.875 bits per heavy atom. The standard InChI is InChI=1S/C22H29NO/c23-16-22(19-10-6-1-2-7-11-19)20-12-14-21(15-13-20)24-17-18-8-4-3-5-9-18/h3-5,8-9,12-15,19,22H,1-2,6-7,10-11,16-17,23H2. The van der Waals surface area contributed by atoms with Crippen LogP contribution >= 0.6 is 0 Å². The largest absolute Gasteiger partial charge is 0.489 e. The molecule has 1 saturated carbocycles. The van der Waals surface area contributed by atoms with Gasteiger partial charge in [-0.15, -0.1) is 0 Å². The summed E-state index contributed by atoms with van der Waals surface area (Å²) in [7, 11) is 0. The average Bonchev–Trinajstić information content (AvgIpc) is 2.92. The maximum atomic E-state index is 6.13. The Labute approximate surface area is 146 Å². The molecule has 3 rings (SSSR count). The van der Waals surface area contributed by atoms with Gasteiger partial charge in [-0.25, -0.2) is 0 Å². The molecule has 0 aliphatic heterocycles. The first kappa shape index (κ1) is 17.0. The van der Waals surface area contributed by atoms with Gasteiger partial charge in [0.05, 0.1) is 0 Å². The van der Waals surface area contributed by atoms with E-state index in [-0.39, 0.29) is 0 Å². The van der Waals surface area contributed by atoms with E-state index in [4.69, 9.17) is 10.5 Å². The van der Waals surface area contributed by atoms with Crippen molar-refractivity contribution in [2.75, 3.05) is 6.54 Å². The molecule has 128 valence electrons. The molecule has 2 aromatic rings. The molecule has 1 aliphatic rings. The van der Waals surface area contributed by atoms with E-state index in [1.165, 1.54) is 49.7 Å².